The average molecular weight is 383 g/mol. The van der Waals surface area contributed by atoms with E-state index in [-0.39, 0.29) is 18.5 Å². The molecule has 3 rings (SSSR count). The number of methoxy groups -OCH3 is 2. The number of hydrogen-bond donors (Lipinski definition) is 1. The molecule has 0 atom stereocenters. The van der Waals surface area contributed by atoms with Crippen LogP contribution in [0.2, 0.25) is 0 Å². The van der Waals surface area contributed by atoms with Gasteiger partial charge in [0.1, 0.15) is 6.54 Å². The van der Waals surface area contributed by atoms with Crippen molar-refractivity contribution in [3.63, 3.8) is 0 Å². The summed E-state index contributed by atoms with van der Waals surface area (Å²) >= 11 is 0. The molecule has 0 aromatic heterocycles. The Morgan fingerprint density at radius 2 is 1.79 bits per heavy atom. The quantitative estimate of drug-likeness (QED) is 0.832. The summed E-state index contributed by atoms with van der Waals surface area (Å²) in [6.07, 6.45) is 0. The van der Waals surface area contributed by atoms with Gasteiger partial charge in [-0.05, 0) is 37.6 Å². The van der Waals surface area contributed by atoms with Gasteiger partial charge in [-0.15, -0.1) is 0 Å². The number of anilines is 2. The number of nitrogens with one attached hydrogen (secondary N) is 1. The van der Waals surface area contributed by atoms with Crippen molar-refractivity contribution in [1.82, 2.24) is 4.90 Å². The van der Waals surface area contributed by atoms with Gasteiger partial charge in [0, 0.05) is 30.5 Å². The summed E-state index contributed by atoms with van der Waals surface area (Å²) in [5, 5.41) is 2.88. The molecule has 1 saturated heterocycles. The molecule has 3 amide bonds. The molecule has 1 aliphatic heterocycles. The minimum atomic E-state index is -0.213. The van der Waals surface area contributed by atoms with Crippen molar-refractivity contribution in [2.45, 2.75) is 13.8 Å². The second kappa shape index (κ2) is 8.21. The highest BCUT2D eigenvalue weighted by Crippen LogP contribution is 2.32. The van der Waals surface area contributed by atoms with E-state index in [2.05, 4.69) is 5.32 Å². The lowest BCUT2D eigenvalue weighted by Crippen LogP contribution is -2.37. The number of ether oxygens (including phenoxy) is 2. The van der Waals surface area contributed by atoms with Crippen LogP contribution in [0, 0.1) is 13.8 Å². The molecule has 0 radical (unpaired) electrons. The number of carbonyl (C=O) groups excluding carboxylic acids is 2. The fraction of sp³-hybridized carbons (Fsp3) is 0.333. The number of aryl methyl sites for hydroxylation is 2. The Bertz CT molecular complexity index is 897. The average Bonchev–Trinajstić information content (AvgIpc) is 3.03. The number of carbonyl (C=O) groups is 2. The van der Waals surface area contributed by atoms with Crippen LogP contribution in [-0.4, -0.2) is 50.7 Å². The zero-order valence-electron chi connectivity index (χ0n) is 16.6. The summed E-state index contributed by atoms with van der Waals surface area (Å²) in [6, 6.07) is 11.0. The number of nitrogens with zero attached hydrogens (tertiary/aromatic N) is 2. The monoisotopic (exact) mass is 383 g/mol. The molecule has 0 aliphatic carbocycles. The Morgan fingerprint density at radius 1 is 1.04 bits per heavy atom. The van der Waals surface area contributed by atoms with Crippen LogP contribution in [0.25, 0.3) is 0 Å². The lowest BCUT2D eigenvalue weighted by atomic mass is 10.1. The van der Waals surface area contributed by atoms with E-state index in [0.717, 1.165) is 16.8 Å². The van der Waals surface area contributed by atoms with Crippen LogP contribution in [0.5, 0.6) is 11.5 Å². The van der Waals surface area contributed by atoms with Gasteiger partial charge in [0.25, 0.3) is 0 Å². The zero-order valence-corrected chi connectivity index (χ0v) is 16.6. The maximum absolute atomic E-state index is 12.8. The van der Waals surface area contributed by atoms with Crippen LogP contribution in [-0.2, 0) is 4.79 Å². The van der Waals surface area contributed by atoms with E-state index in [9.17, 15) is 9.59 Å². The predicted molar refractivity (Wildman–Crippen MR) is 108 cm³/mol. The summed E-state index contributed by atoms with van der Waals surface area (Å²) in [5.41, 5.74) is 3.60. The van der Waals surface area contributed by atoms with Crippen molar-refractivity contribution in [2.75, 3.05) is 44.1 Å². The minimum absolute atomic E-state index is 0.00986. The molecule has 28 heavy (non-hydrogen) atoms. The molecule has 0 spiro atoms. The minimum Gasteiger partial charge on any atom is -0.493 e. The first kappa shape index (κ1) is 19.5. The summed E-state index contributed by atoms with van der Waals surface area (Å²) in [6.45, 7) is 4.95. The van der Waals surface area contributed by atoms with Crippen LogP contribution in [0.15, 0.2) is 36.4 Å². The predicted octanol–water partition coefficient (Wildman–Crippen LogP) is 3.20. The Morgan fingerprint density at radius 3 is 2.46 bits per heavy atom. The second-order valence-corrected chi connectivity index (χ2v) is 6.76. The van der Waals surface area contributed by atoms with E-state index in [4.69, 9.17) is 9.47 Å². The second-order valence-electron chi connectivity index (χ2n) is 6.76. The fourth-order valence-corrected chi connectivity index (χ4v) is 3.28. The molecular formula is C21H25N3O4. The van der Waals surface area contributed by atoms with Gasteiger partial charge in [0.2, 0.25) is 5.91 Å². The molecule has 2 aromatic carbocycles. The molecular weight excluding hydrogens is 358 g/mol. The first-order valence-electron chi connectivity index (χ1n) is 9.08. The van der Waals surface area contributed by atoms with E-state index in [1.807, 2.05) is 32.0 Å². The van der Waals surface area contributed by atoms with Gasteiger partial charge >= 0.3 is 6.03 Å². The lowest BCUT2D eigenvalue weighted by molar-refractivity contribution is -0.116. The van der Waals surface area contributed by atoms with Crippen LogP contribution < -0.4 is 19.7 Å². The summed E-state index contributed by atoms with van der Waals surface area (Å²) in [4.78, 5) is 28.3. The van der Waals surface area contributed by atoms with Crippen molar-refractivity contribution in [1.29, 1.82) is 0 Å². The maximum Gasteiger partial charge on any atom is 0.325 e. The highest BCUT2D eigenvalue weighted by atomic mass is 16.5. The summed E-state index contributed by atoms with van der Waals surface area (Å²) < 4.78 is 10.5. The van der Waals surface area contributed by atoms with Gasteiger partial charge < -0.3 is 19.7 Å². The number of urea groups is 1. The Balaban J connectivity index is 1.66. The van der Waals surface area contributed by atoms with Crippen molar-refractivity contribution in [3.05, 3.63) is 47.5 Å². The molecule has 0 bridgehead atoms. The molecule has 0 unspecified atom stereocenters. The van der Waals surface area contributed by atoms with Crippen molar-refractivity contribution >= 4 is 23.3 Å². The van der Waals surface area contributed by atoms with E-state index in [1.54, 1.807) is 37.3 Å². The van der Waals surface area contributed by atoms with Crippen LogP contribution in [0.1, 0.15) is 11.1 Å². The van der Waals surface area contributed by atoms with Crippen molar-refractivity contribution in [3.8, 4) is 11.5 Å². The van der Waals surface area contributed by atoms with Gasteiger partial charge in [0.05, 0.1) is 14.2 Å². The number of amides is 3. The van der Waals surface area contributed by atoms with Gasteiger partial charge in [0.15, 0.2) is 11.5 Å². The third-order valence-corrected chi connectivity index (χ3v) is 4.76. The summed E-state index contributed by atoms with van der Waals surface area (Å²) in [7, 11) is 3.12. The summed E-state index contributed by atoms with van der Waals surface area (Å²) in [5.74, 6) is 0.941. The Kier molecular flexibility index (Phi) is 5.73. The smallest absolute Gasteiger partial charge is 0.325 e. The van der Waals surface area contributed by atoms with Gasteiger partial charge in [-0.25, -0.2) is 4.79 Å². The van der Waals surface area contributed by atoms with E-state index < -0.39 is 0 Å². The molecule has 1 heterocycles. The molecule has 0 saturated carbocycles. The third-order valence-electron chi connectivity index (χ3n) is 4.76. The SMILES string of the molecule is COc1ccc(N2CCN(CC(=O)Nc3ccc(C)cc3C)C2=O)cc1OC. The van der Waals surface area contributed by atoms with Crippen molar-refractivity contribution in [2.24, 2.45) is 0 Å². The molecule has 1 N–H and O–H groups in total. The third kappa shape index (κ3) is 4.03. The van der Waals surface area contributed by atoms with Crippen LogP contribution in [0.4, 0.5) is 16.2 Å². The molecule has 7 heteroatoms. The Labute approximate surface area is 164 Å². The van der Waals surface area contributed by atoms with E-state index in [0.29, 0.717) is 30.3 Å². The molecule has 148 valence electrons. The van der Waals surface area contributed by atoms with Gasteiger partial charge in [-0.2, -0.15) is 0 Å². The van der Waals surface area contributed by atoms with E-state index in [1.165, 1.54) is 4.90 Å². The number of hydrogen-bond acceptors (Lipinski definition) is 4. The molecule has 2 aromatic rings. The highest BCUT2D eigenvalue weighted by molar-refractivity contribution is 5.99. The first-order valence-corrected chi connectivity index (χ1v) is 9.08. The highest BCUT2D eigenvalue weighted by Gasteiger charge is 2.31. The van der Waals surface area contributed by atoms with Crippen LogP contribution >= 0.6 is 0 Å². The Hall–Kier alpha value is -3.22. The topological polar surface area (TPSA) is 71.1 Å². The normalized spacial score (nSPS) is 13.6. The lowest BCUT2D eigenvalue weighted by Gasteiger charge is -2.20. The largest absolute Gasteiger partial charge is 0.493 e. The molecule has 1 fully saturated rings. The zero-order chi connectivity index (χ0) is 20.3. The van der Waals surface area contributed by atoms with Crippen molar-refractivity contribution < 1.29 is 19.1 Å². The van der Waals surface area contributed by atoms with E-state index >= 15 is 0 Å². The maximum atomic E-state index is 12.8. The molecule has 7 nitrogen and oxygen atoms in total. The van der Waals surface area contributed by atoms with Gasteiger partial charge in [-0.3, -0.25) is 9.69 Å². The fourth-order valence-electron chi connectivity index (χ4n) is 3.28. The molecule has 1 aliphatic rings. The van der Waals surface area contributed by atoms with Gasteiger partial charge in [-0.1, -0.05) is 17.7 Å². The number of benzene rings is 2. The number of rotatable bonds is 6. The standard InChI is InChI=1S/C21H25N3O4/c1-14-5-7-17(15(2)11-14)22-20(25)13-23-9-10-24(21(23)26)16-6-8-18(27-3)19(12-16)28-4/h5-8,11-12H,9-10,13H2,1-4H3,(H,22,25). The van der Waals surface area contributed by atoms with Crippen LogP contribution in [0.3, 0.4) is 0 Å². The first-order chi connectivity index (χ1) is 13.4.